The predicted molar refractivity (Wildman–Crippen MR) is 72.5 cm³/mol. The molecule has 1 unspecified atom stereocenters. The molecule has 3 nitrogen and oxygen atoms in total. The first-order valence-electron chi connectivity index (χ1n) is 6.11. The van der Waals surface area contributed by atoms with Gasteiger partial charge in [0.25, 0.3) is 0 Å². The fraction of sp³-hybridized carbons (Fsp3) is 0.538. The molecule has 1 saturated heterocycles. The van der Waals surface area contributed by atoms with Gasteiger partial charge in [0.2, 0.25) is 0 Å². The Labute approximate surface area is 107 Å². The maximum atomic E-state index is 9.01. The summed E-state index contributed by atoms with van der Waals surface area (Å²) in [4.78, 5) is 2.28. The summed E-state index contributed by atoms with van der Waals surface area (Å²) < 4.78 is 0. The Morgan fingerprint density at radius 2 is 2.29 bits per heavy atom. The Bertz CT molecular complexity index is 382. The van der Waals surface area contributed by atoms with Crippen molar-refractivity contribution < 1.29 is 5.11 Å². The van der Waals surface area contributed by atoms with E-state index in [2.05, 4.69) is 4.90 Å². The number of halogens is 1. The number of piperidine rings is 1. The van der Waals surface area contributed by atoms with Crippen LogP contribution in [0.2, 0.25) is 5.02 Å². The first-order chi connectivity index (χ1) is 8.20. The van der Waals surface area contributed by atoms with E-state index in [-0.39, 0.29) is 6.61 Å². The largest absolute Gasteiger partial charge is 0.397 e. The molecule has 0 bridgehead atoms. The number of nitrogens with zero attached hydrogens (tertiary/aromatic N) is 1. The van der Waals surface area contributed by atoms with Crippen molar-refractivity contribution in [3.05, 3.63) is 23.2 Å². The second kappa shape index (κ2) is 5.61. The minimum Gasteiger partial charge on any atom is -0.397 e. The third kappa shape index (κ3) is 3.05. The third-order valence-corrected chi connectivity index (χ3v) is 3.62. The molecule has 2 rings (SSSR count). The summed E-state index contributed by atoms with van der Waals surface area (Å²) in [6.07, 6.45) is 3.21. The summed E-state index contributed by atoms with van der Waals surface area (Å²) in [6.45, 7) is 2.25. The second-order valence-corrected chi connectivity index (χ2v) is 5.11. The van der Waals surface area contributed by atoms with Crippen LogP contribution in [0.25, 0.3) is 0 Å². The second-order valence-electron chi connectivity index (χ2n) is 4.67. The van der Waals surface area contributed by atoms with Gasteiger partial charge in [-0.25, -0.2) is 0 Å². The highest BCUT2D eigenvalue weighted by molar-refractivity contribution is 6.31. The van der Waals surface area contributed by atoms with Crippen LogP contribution in [0, 0.1) is 5.92 Å². The van der Waals surface area contributed by atoms with Crippen LogP contribution in [0.1, 0.15) is 19.3 Å². The zero-order chi connectivity index (χ0) is 12.3. The summed E-state index contributed by atoms with van der Waals surface area (Å²) in [5.74, 6) is 0.562. The number of hydrogen-bond acceptors (Lipinski definition) is 3. The van der Waals surface area contributed by atoms with Gasteiger partial charge in [0, 0.05) is 24.7 Å². The molecule has 3 N–H and O–H groups in total. The number of anilines is 2. The molecule has 0 amide bonds. The van der Waals surface area contributed by atoms with Gasteiger partial charge in [-0.3, -0.25) is 0 Å². The Hall–Kier alpha value is -0.930. The lowest BCUT2D eigenvalue weighted by Crippen LogP contribution is -2.36. The summed E-state index contributed by atoms with van der Waals surface area (Å²) in [6, 6.07) is 5.60. The van der Waals surface area contributed by atoms with Gasteiger partial charge in [-0.15, -0.1) is 0 Å². The topological polar surface area (TPSA) is 49.5 Å². The minimum atomic E-state index is 0.267. The molecule has 17 heavy (non-hydrogen) atoms. The standard InChI is InChI=1S/C13H19ClN2O/c14-11-3-4-12(15)13(8-11)16-6-1-2-10(9-16)5-7-17/h3-4,8,10,17H,1-2,5-7,9,15H2. The Morgan fingerprint density at radius 3 is 3.06 bits per heavy atom. The van der Waals surface area contributed by atoms with Crippen molar-refractivity contribution >= 4 is 23.0 Å². The van der Waals surface area contributed by atoms with Gasteiger partial charge in [0.05, 0.1) is 11.4 Å². The molecule has 94 valence electrons. The third-order valence-electron chi connectivity index (χ3n) is 3.39. The molecule has 1 atom stereocenters. The van der Waals surface area contributed by atoms with Crippen LogP contribution in [-0.4, -0.2) is 24.8 Å². The predicted octanol–water partition coefficient (Wildman–Crippen LogP) is 2.52. The van der Waals surface area contributed by atoms with Crippen LogP contribution >= 0.6 is 11.6 Å². The maximum Gasteiger partial charge on any atom is 0.0614 e. The number of nitrogen functional groups attached to an aromatic ring is 1. The van der Waals surface area contributed by atoms with Crippen LogP contribution < -0.4 is 10.6 Å². The molecule has 0 aromatic heterocycles. The molecule has 0 aliphatic carbocycles. The van der Waals surface area contributed by atoms with E-state index in [1.54, 1.807) is 0 Å². The van der Waals surface area contributed by atoms with Gasteiger partial charge in [0.1, 0.15) is 0 Å². The van der Waals surface area contributed by atoms with Gasteiger partial charge < -0.3 is 15.7 Å². The van der Waals surface area contributed by atoms with Gasteiger partial charge >= 0.3 is 0 Å². The highest BCUT2D eigenvalue weighted by Crippen LogP contribution is 2.31. The van der Waals surface area contributed by atoms with Gasteiger partial charge in [-0.1, -0.05) is 11.6 Å². The van der Waals surface area contributed by atoms with E-state index in [1.807, 2.05) is 18.2 Å². The molecule has 1 fully saturated rings. The monoisotopic (exact) mass is 254 g/mol. The molecule has 4 heteroatoms. The highest BCUT2D eigenvalue weighted by Gasteiger charge is 2.21. The average Bonchev–Trinajstić information content (AvgIpc) is 2.33. The van der Waals surface area contributed by atoms with Crippen LogP contribution in [0.15, 0.2) is 18.2 Å². The van der Waals surface area contributed by atoms with Crippen LogP contribution in [0.3, 0.4) is 0 Å². The number of aliphatic hydroxyl groups is 1. The average molecular weight is 255 g/mol. The molecule has 0 spiro atoms. The number of rotatable bonds is 3. The zero-order valence-electron chi connectivity index (χ0n) is 9.90. The normalized spacial score (nSPS) is 20.6. The summed E-state index contributed by atoms with van der Waals surface area (Å²) in [7, 11) is 0. The van der Waals surface area contributed by atoms with E-state index < -0.39 is 0 Å². The van der Waals surface area contributed by atoms with Crippen molar-refractivity contribution in [2.45, 2.75) is 19.3 Å². The first-order valence-corrected chi connectivity index (χ1v) is 6.49. The number of benzene rings is 1. The van der Waals surface area contributed by atoms with E-state index in [9.17, 15) is 0 Å². The molecule has 1 aromatic carbocycles. The van der Waals surface area contributed by atoms with E-state index in [4.69, 9.17) is 22.4 Å². The molecular formula is C13H19ClN2O. The van der Waals surface area contributed by atoms with Gasteiger partial charge in [0.15, 0.2) is 0 Å². The maximum absolute atomic E-state index is 9.01. The number of hydrogen-bond donors (Lipinski definition) is 2. The molecular weight excluding hydrogens is 236 g/mol. The Morgan fingerprint density at radius 1 is 1.47 bits per heavy atom. The molecule has 1 heterocycles. The van der Waals surface area contributed by atoms with E-state index >= 15 is 0 Å². The summed E-state index contributed by atoms with van der Waals surface area (Å²) >= 11 is 6.01. The summed E-state index contributed by atoms with van der Waals surface area (Å²) in [5, 5.41) is 9.73. The zero-order valence-corrected chi connectivity index (χ0v) is 10.7. The fourth-order valence-electron chi connectivity index (χ4n) is 2.49. The van der Waals surface area contributed by atoms with Gasteiger partial charge in [-0.2, -0.15) is 0 Å². The van der Waals surface area contributed by atoms with Crippen LogP contribution in [0.4, 0.5) is 11.4 Å². The van der Waals surface area contributed by atoms with Crippen molar-refractivity contribution in [3.8, 4) is 0 Å². The van der Waals surface area contributed by atoms with E-state index in [0.29, 0.717) is 5.92 Å². The smallest absolute Gasteiger partial charge is 0.0614 e. The lowest BCUT2D eigenvalue weighted by Gasteiger charge is -2.35. The lowest BCUT2D eigenvalue weighted by molar-refractivity contribution is 0.244. The Kier molecular flexibility index (Phi) is 4.13. The van der Waals surface area contributed by atoms with Crippen LogP contribution in [0.5, 0.6) is 0 Å². The minimum absolute atomic E-state index is 0.267. The molecule has 1 aliphatic rings. The van der Waals surface area contributed by atoms with Crippen molar-refractivity contribution in [1.82, 2.24) is 0 Å². The van der Waals surface area contributed by atoms with E-state index in [1.165, 1.54) is 6.42 Å². The van der Waals surface area contributed by atoms with Gasteiger partial charge in [-0.05, 0) is 43.4 Å². The van der Waals surface area contributed by atoms with Crippen molar-refractivity contribution in [2.24, 2.45) is 5.92 Å². The molecule has 0 saturated carbocycles. The quantitative estimate of drug-likeness (QED) is 0.815. The van der Waals surface area contributed by atoms with Crippen molar-refractivity contribution in [3.63, 3.8) is 0 Å². The molecule has 0 radical (unpaired) electrons. The van der Waals surface area contributed by atoms with Crippen molar-refractivity contribution in [1.29, 1.82) is 0 Å². The first kappa shape index (κ1) is 12.5. The number of nitrogens with two attached hydrogens (primary N) is 1. The van der Waals surface area contributed by atoms with E-state index in [0.717, 1.165) is 42.3 Å². The lowest BCUT2D eigenvalue weighted by atomic mass is 9.94. The van der Waals surface area contributed by atoms with Crippen LogP contribution in [-0.2, 0) is 0 Å². The SMILES string of the molecule is Nc1ccc(Cl)cc1N1CCCC(CCO)C1. The fourth-order valence-corrected chi connectivity index (χ4v) is 2.66. The van der Waals surface area contributed by atoms with Crippen molar-refractivity contribution in [2.75, 3.05) is 30.3 Å². The number of aliphatic hydroxyl groups excluding tert-OH is 1. The summed E-state index contributed by atoms with van der Waals surface area (Å²) in [5.41, 5.74) is 7.79. The Balaban J connectivity index is 2.13. The molecule has 1 aromatic rings. The molecule has 1 aliphatic heterocycles. The highest BCUT2D eigenvalue weighted by atomic mass is 35.5.